The minimum Gasteiger partial charge on any atom is -0.461 e. The Bertz CT molecular complexity index is 432. The van der Waals surface area contributed by atoms with Gasteiger partial charge < -0.3 is 10.5 Å². The van der Waals surface area contributed by atoms with Crippen molar-refractivity contribution in [2.24, 2.45) is 5.73 Å². The van der Waals surface area contributed by atoms with Crippen molar-refractivity contribution in [1.29, 1.82) is 0 Å². The van der Waals surface area contributed by atoms with E-state index in [-0.39, 0.29) is 17.8 Å². The molecule has 0 bridgehead atoms. The summed E-state index contributed by atoms with van der Waals surface area (Å²) in [5.41, 5.74) is 7.28. The summed E-state index contributed by atoms with van der Waals surface area (Å²) >= 11 is 0. The number of esters is 1. The molecule has 0 saturated heterocycles. The number of carbonyl (C=O) groups is 1. The normalized spacial score (nSPS) is 15.9. The van der Waals surface area contributed by atoms with E-state index < -0.39 is 12.0 Å². The number of hydrogen-bond acceptors (Lipinski definition) is 3. The van der Waals surface area contributed by atoms with Crippen LogP contribution in [-0.2, 0) is 9.53 Å². The van der Waals surface area contributed by atoms with Gasteiger partial charge in [-0.05, 0) is 44.0 Å². The van der Waals surface area contributed by atoms with E-state index in [1.54, 1.807) is 13.0 Å². The van der Waals surface area contributed by atoms with Gasteiger partial charge in [-0.1, -0.05) is 13.0 Å². The SMILES string of the molecule is Cc1cc(F)ccc1[C@@H](C)[C@@H](C)OC(=O)[C@@H](C)N. The molecule has 1 aromatic rings. The van der Waals surface area contributed by atoms with Gasteiger partial charge in [-0.15, -0.1) is 0 Å². The lowest BCUT2D eigenvalue weighted by Gasteiger charge is -2.23. The Balaban J connectivity index is 2.80. The molecular formula is C14H20FNO2. The van der Waals surface area contributed by atoms with Crippen LogP contribution in [0.2, 0.25) is 0 Å². The fourth-order valence-electron chi connectivity index (χ4n) is 1.80. The lowest BCUT2D eigenvalue weighted by Crippen LogP contribution is -2.33. The summed E-state index contributed by atoms with van der Waals surface area (Å²) in [5.74, 6) is -0.689. The van der Waals surface area contributed by atoms with Gasteiger partial charge in [0.1, 0.15) is 18.0 Å². The molecule has 100 valence electrons. The van der Waals surface area contributed by atoms with E-state index >= 15 is 0 Å². The molecule has 0 spiro atoms. The van der Waals surface area contributed by atoms with Gasteiger partial charge in [0.15, 0.2) is 0 Å². The molecule has 1 rings (SSSR count). The second-order valence-corrected chi connectivity index (χ2v) is 4.72. The van der Waals surface area contributed by atoms with E-state index in [0.717, 1.165) is 11.1 Å². The number of hydrogen-bond donors (Lipinski definition) is 1. The minimum absolute atomic E-state index is 0.00620. The van der Waals surface area contributed by atoms with Crippen LogP contribution in [0.3, 0.4) is 0 Å². The van der Waals surface area contributed by atoms with E-state index in [0.29, 0.717) is 0 Å². The molecule has 0 heterocycles. The lowest BCUT2D eigenvalue weighted by molar-refractivity contribution is -0.150. The van der Waals surface area contributed by atoms with Gasteiger partial charge in [0.05, 0.1) is 0 Å². The number of aryl methyl sites for hydroxylation is 1. The first-order chi connectivity index (χ1) is 8.32. The fraction of sp³-hybridized carbons (Fsp3) is 0.500. The van der Waals surface area contributed by atoms with Crippen molar-refractivity contribution in [3.05, 3.63) is 35.1 Å². The average molecular weight is 253 g/mol. The Labute approximate surface area is 107 Å². The Morgan fingerprint density at radius 2 is 1.94 bits per heavy atom. The predicted octanol–water partition coefficient (Wildman–Crippen LogP) is 2.52. The molecule has 3 atom stereocenters. The van der Waals surface area contributed by atoms with Gasteiger partial charge in [0.2, 0.25) is 0 Å². The molecule has 0 fully saturated rings. The number of nitrogens with two attached hydrogens (primary N) is 1. The van der Waals surface area contributed by atoms with Gasteiger partial charge in [-0.2, -0.15) is 0 Å². The van der Waals surface area contributed by atoms with Crippen LogP contribution in [0.25, 0.3) is 0 Å². The zero-order chi connectivity index (χ0) is 13.9. The third-order valence-electron chi connectivity index (χ3n) is 3.10. The maximum Gasteiger partial charge on any atom is 0.322 e. The average Bonchev–Trinajstić information content (AvgIpc) is 2.27. The van der Waals surface area contributed by atoms with Crippen LogP contribution in [0.5, 0.6) is 0 Å². The molecule has 1 aromatic carbocycles. The van der Waals surface area contributed by atoms with Gasteiger partial charge in [-0.3, -0.25) is 4.79 Å². The molecule has 0 radical (unpaired) electrons. The van der Waals surface area contributed by atoms with Crippen molar-refractivity contribution in [1.82, 2.24) is 0 Å². The molecule has 0 aliphatic heterocycles. The van der Waals surface area contributed by atoms with Crippen LogP contribution in [0, 0.1) is 12.7 Å². The minimum atomic E-state index is -0.631. The summed E-state index contributed by atoms with van der Waals surface area (Å²) in [5, 5.41) is 0. The van der Waals surface area contributed by atoms with Crippen LogP contribution >= 0.6 is 0 Å². The standard InChI is InChI=1S/C14H20FNO2/c1-8-7-12(15)5-6-13(8)9(2)11(4)18-14(17)10(3)16/h5-7,9-11H,16H2,1-4H3/t9-,10+,11+/m0/s1. The number of halogens is 1. The van der Waals surface area contributed by atoms with Crippen LogP contribution < -0.4 is 5.73 Å². The molecule has 0 unspecified atom stereocenters. The summed E-state index contributed by atoms with van der Waals surface area (Å²) < 4.78 is 18.3. The monoisotopic (exact) mass is 253 g/mol. The first-order valence-corrected chi connectivity index (χ1v) is 6.05. The van der Waals surface area contributed by atoms with Crippen LogP contribution in [-0.4, -0.2) is 18.1 Å². The zero-order valence-corrected chi connectivity index (χ0v) is 11.2. The summed E-state index contributed by atoms with van der Waals surface area (Å²) in [7, 11) is 0. The molecule has 0 saturated carbocycles. The van der Waals surface area contributed by atoms with Crippen LogP contribution in [0.4, 0.5) is 4.39 Å². The molecule has 0 aliphatic rings. The molecule has 0 aliphatic carbocycles. The van der Waals surface area contributed by atoms with Crippen molar-refractivity contribution < 1.29 is 13.9 Å². The fourth-order valence-corrected chi connectivity index (χ4v) is 1.80. The van der Waals surface area contributed by atoms with Crippen molar-refractivity contribution >= 4 is 5.97 Å². The second kappa shape index (κ2) is 5.96. The second-order valence-electron chi connectivity index (χ2n) is 4.72. The zero-order valence-electron chi connectivity index (χ0n) is 11.2. The number of carbonyl (C=O) groups excluding carboxylic acids is 1. The number of rotatable bonds is 4. The Morgan fingerprint density at radius 3 is 2.44 bits per heavy atom. The molecule has 18 heavy (non-hydrogen) atoms. The van der Waals surface area contributed by atoms with E-state index in [9.17, 15) is 9.18 Å². The topological polar surface area (TPSA) is 52.3 Å². The molecular weight excluding hydrogens is 233 g/mol. The van der Waals surface area contributed by atoms with E-state index in [2.05, 4.69) is 0 Å². The molecule has 2 N–H and O–H groups in total. The molecule has 0 amide bonds. The van der Waals surface area contributed by atoms with E-state index in [1.807, 2.05) is 20.8 Å². The highest BCUT2D eigenvalue weighted by Crippen LogP contribution is 2.25. The molecule has 4 heteroatoms. The highest BCUT2D eigenvalue weighted by Gasteiger charge is 2.21. The van der Waals surface area contributed by atoms with Gasteiger partial charge in [0, 0.05) is 5.92 Å². The highest BCUT2D eigenvalue weighted by molar-refractivity contribution is 5.75. The summed E-state index contributed by atoms with van der Waals surface area (Å²) in [6, 6.07) is 3.99. The summed E-state index contributed by atoms with van der Waals surface area (Å²) in [6.45, 7) is 7.19. The first-order valence-electron chi connectivity index (χ1n) is 6.05. The van der Waals surface area contributed by atoms with Gasteiger partial charge in [0.25, 0.3) is 0 Å². The van der Waals surface area contributed by atoms with Crippen LogP contribution in [0.1, 0.15) is 37.8 Å². The lowest BCUT2D eigenvalue weighted by atomic mass is 9.92. The van der Waals surface area contributed by atoms with E-state index in [1.165, 1.54) is 12.1 Å². The Morgan fingerprint density at radius 1 is 1.33 bits per heavy atom. The number of benzene rings is 1. The van der Waals surface area contributed by atoms with Gasteiger partial charge >= 0.3 is 5.97 Å². The quantitative estimate of drug-likeness (QED) is 0.839. The Kier molecular flexibility index (Phi) is 4.84. The van der Waals surface area contributed by atoms with Crippen molar-refractivity contribution in [2.45, 2.75) is 45.8 Å². The Hall–Kier alpha value is -1.42. The first kappa shape index (κ1) is 14.6. The smallest absolute Gasteiger partial charge is 0.322 e. The maximum atomic E-state index is 13.0. The van der Waals surface area contributed by atoms with Crippen molar-refractivity contribution in [3.8, 4) is 0 Å². The van der Waals surface area contributed by atoms with Crippen molar-refractivity contribution in [3.63, 3.8) is 0 Å². The summed E-state index contributed by atoms with van der Waals surface area (Å²) in [6.07, 6.45) is -0.298. The molecule has 3 nitrogen and oxygen atoms in total. The van der Waals surface area contributed by atoms with Gasteiger partial charge in [-0.25, -0.2) is 4.39 Å². The summed E-state index contributed by atoms with van der Waals surface area (Å²) in [4.78, 5) is 11.4. The van der Waals surface area contributed by atoms with E-state index in [4.69, 9.17) is 10.5 Å². The maximum absolute atomic E-state index is 13.0. The van der Waals surface area contributed by atoms with Crippen LogP contribution in [0.15, 0.2) is 18.2 Å². The third-order valence-corrected chi connectivity index (χ3v) is 3.10. The number of ether oxygens (including phenoxy) is 1. The predicted molar refractivity (Wildman–Crippen MR) is 68.8 cm³/mol. The largest absolute Gasteiger partial charge is 0.461 e. The molecule has 0 aromatic heterocycles. The third kappa shape index (κ3) is 3.53. The highest BCUT2D eigenvalue weighted by atomic mass is 19.1. The van der Waals surface area contributed by atoms with Crippen molar-refractivity contribution in [2.75, 3.05) is 0 Å².